The maximum absolute atomic E-state index is 14.8. The van der Waals surface area contributed by atoms with Crippen LogP contribution in [0.4, 0.5) is 14.6 Å². The second kappa shape index (κ2) is 12.9. The number of rotatable bonds is 12. The molecule has 2 heterocycles. The molecule has 0 aliphatic carbocycles. The van der Waals surface area contributed by atoms with Crippen molar-refractivity contribution in [1.29, 1.82) is 0 Å². The fourth-order valence-electron chi connectivity index (χ4n) is 3.58. The monoisotopic (exact) mass is 548 g/mol. The molecule has 0 radical (unpaired) electrons. The summed E-state index contributed by atoms with van der Waals surface area (Å²) >= 11 is 0. The van der Waals surface area contributed by atoms with Crippen LogP contribution < -0.4 is 20.6 Å². The van der Waals surface area contributed by atoms with Crippen molar-refractivity contribution in [2.24, 2.45) is 0 Å². The number of anilines is 1. The van der Waals surface area contributed by atoms with Crippen molar-refractivity contribution in [3.8, 4) is 5.75 Å². The van der Waals surface area contributed by atoms with Crippen LogP contribution in [0.1, 0.15) is 18.2 Å². The van der Waals surface area contributed by atoms with Crippen molar-refractivity contribution in [2.45, 2.75) is 31.3 Å². The second-order valence-corrected chi connectivity index (χ2v) is 9.54. The summed E-state index contributed by atoms with van der Waals surface area (Å²) in [4.78, 5) is 28.2. The highest BCUT2D eigenvalue weighted by Crippen LogP contribution is 2.43. The van der Waals surface area contributed by atoms with Crippen molar-refractivity contribution in [1.82, 2.24) is 14.6 Å². The van der Waals surface area contributed by atoms with E-state index in [1.54, 1.807) is 37.4 Å². The zero-order valence-electron chi connectivity index (χ0n) is 20.5. The number of nitrogens with one attached hydrogen (secondary N) is 2. The van der Waals surface area contributed by atoms with Gasteiger partial charge in [-0.1, -0.05) is 48.5 Å². The molecule has 13 heteroatoms. The number of carbonyl (C=O) groups is 1. The third-order valence-corrected chi connectivity index (χ3v) is 6.60. The first-order chi connectivity index (χ1) is 18.3. The molecule has 0 saturated carbocycles. The molecule has 2 aromatic carbocycles. The highest BCUT2D eigenvalue weighted by atomic mass is 31.2. The lowest BCUT2D eigenvalue weighted by molar-refractivity contribution is -0.143. The lowest BCUT2D eigenvalue weighted by atomic mass is 10.2. The summed E-state index contributed by atoms with van der Waals surface area (Å²) in [5.41, 5.74) is -0.0305. The van der Waals surface area contributed by atoms with Crippen molar-refractivity contribution < 1.29 is 32.1 Å². The minimum atomic E-state index is -3.33. The molecule has 3 unspecified atom stereocenters. The normalized spacial score (nSPS) is 19.0. The fourth-order valence-corrected chi connectivity index (χ4v) is 4.66. The molecule has 1 saturated heterocycles. The number of para-hydroxylation sites is 1. The first-order valence-corrected chi connectivity index (χ1v) is 12.9. The van der Waals surface area contributed by atoms with Crippen LogP contribution in [0.15, 0.2) is 77.7 Å². The molecule has 3 aromatic rings. The van der Waals surface area contributed by atoms with E-state index >= 15 is 0 Å². The van der Waals surface area contributed by atoms with Crippen molar-refractivity contribution in [3.63, 3.8) is 0 Å². The maximum Gasteiger partial charge on any atom is 0.351 e. The van der Waals surface area contributed by atoms with Gasteiger partial charge < -0.3 is 23.8 Å². The van der Waals surface area contributed by atoms with E-state index in [1.807, 2.05) is 30.3 Å². The van der Waals surface area contributed by atoms with Gasteiger partial charge in [-0.25, -0.2) is 18.7 Å². The second-order valence-electron chi connectivity index (χ2n) is 8.27. The Morgan fingerprint density at radius 2 is 1.87 bits per heavy atom. The third-order valence-electron chi connectivity index (χ3n) is 5.43. The van der Waals surface area contributed by atoms with Crippen LogP contribution >= 0.6 is 8.53 Å². The highest BCUT2D eigenvalue weighted by Gasteiger charge is 2.52. The fraction of sp³-hybridized carbons (Fsp3) is 0.320. The van der Waals surface area contributed by atoms with E-state index < -0.39 is 44.9 Å². The summed E-state index contributed by atoms with van der Waals surface area (Å²) in [7, 11) is -0.365. The van der Waals surface area contributed by atoms with Crippen LogP contribution in [-0.4, -0.2) is 47.7 Å². The van der Waals surface area contributed by atoms with Gasteiger partial charge in [0.2, 0.25) is 6.23 Å². The predicted octanol–water partition coefficient (Wildman–Crippen LogP) is 3.86. The standard InChI is InChI=1S/C25H27F2N4O6P/c1-28-21-12-13-31(24(33)30-21)23-25(26,27)14-20(36-23)17-35-38(37-19-10-6-3-7-11-19)29-15-22(32)34-16-18-8-4-2-5-9-18/h2-13,20,23,29H,14-17H2,1H3,(H,28,30,33). The summed E-state index contributed by atoms with van der Waals surface area (Å²) in [5, 5.41) is 5.52. The van der Waals surface area contributed by atoms with Gasteiger partial charge in [0, 0.05) is 19.7 Å². The minimum absolute atomic E-state index is 0.107. The topological polar surface area (TPSA) is 113 Å². The zero-order valence-corrected chi connectivity index (χ0v) is 21.4. The first kappa shape index (κ1) is 27.6. The quantitative estimate of drug-likeness (QED) is 0.257. The average molecular weight is 548 g/mol. The van der Waals surface area contributed by atoms with E-state index in [4.69, 9.17) is 18.5 Å². The number of nitrogens with zero attached hydrogens (tertiary/aromatic N) is 2. The molecule has 202 valence electrons. The molecule has 3 atom stereocenters. The Hall–Kier alpha value is -3.44. The van der Waals surface area contributed by atoms with Crippen molar-refractivity contribution in [3.05, 3.63) is 89.0 Å². The third kappa shape index (κ3) is 7.55. The number of ether oxygens (including phenoxy) is 2. The number of carbonyl (C=O) groups excluding carboxylic acids is 1. The number of aromatic nitrogens is 2. The van der Waals surface area contributed by atoms with Gasteiger partial charge in [0.25, 0.3) is 5.92 Å². The average Bonchev–Trinajstić information content (AvgIpc) is 3.23. The number of hydrogen-bond acceptors (Lipinski definition) is 9. The van der Waals surface area contributed by atoms with Crippen LogP contribution in [-0.2, 0) is 25.4 Å². The molecule has 0 spiro atoms. The summed E-state index contributed by atoms with van der Waals surface area (Å²) < 4.78 is 52.6. The van der Waals surface area contributed by atoms with E-state index in [0.29, 0.717) is 5.75 Å². The summed E-state index contributed by atoms with van der Waals surface area (Å²) in [6, 6.07) is 19.3. The summed E-state index contributed by atoms with van der Waals surface area (Å²) in [6.07, 6.45) is -2.34. The number of esters is 1. The lowest BCUT2D eigenvalue weighted by Gasteiger charge is -2.21. The zero-order chi connectivity index (χ0) is 27.0. The van der Waals surface area contributed by atoms with Crippen LogP contribution in [0.2, 0.25) is 0 Å². The largest absolute Gasteiger partial charge is 0.460 e. The molecule has 0 bridgehead atoms. The SMILES string of the molecule is CNc1ccn(C2OC(COP(NCC(=O)OCc3ccccc3)Oc3ccccc3)CC2(F)F)c(=O)n1. The van der Waals surface area contributed by atoms with Gasteiger partial charge in [-0.15, -0.1) is 0 Å². The molecule has 38 heavy (non-hydrogen) atoms. The van der Waals surface area contributed by atoms with Crippen LogP contribution in [0.3, 0.4) is 0 Å². The molecule has 1 fully saturated rings. The van der Waals surface area contributed by atoms with Gasteiger partial charge in [0.1, 0.15) is 24.7 Å². The highest BCUT2D eigenvalue weighted by molar-refractivity contribution is 7.45. The Morgan fingerprint density at radius 3 is 2.55 bits per heavy atom. The number of benzene rings is 2. The Bertz CT molecular complexity index is 1250. The first-order valence-electron chi connectivity index (χ1n) is 11.7. The van der Waals surface area contributed by atoms with Gasteiger partial charge >= 0.3 is 20.2 Å². The van der Waals surface area contributed by atoms with Gasteiger partial charge in [-0.3, -0.25) is 9.36 Å². The minimum Gasteiger partial charge on any atom is -0.460 e. The molecule has 1 aliphatic rings. The molecule has 10 nitrogen and oxygen atoms in total. The maximum atomic E-state index is 14.8. The van der Waals surface area contributed by atoms with Gasteiger partial charge in [-0.05, 0) is 23.8 Å². The molecular weight excluding hydrogens is 521 g/mol. The van der Waals surface area contributed by atoms with E-state index in [1.165, 1.54) is 12.3 Å². The Balaban J connectivity index is 1.35. The summed E-state index contributed by atoms with van der Waals surface area (Å²) in [6.45, 7) is -0.391. The van der Waals surface area contributed by atoms with Crippen LogP contribution in [0.25, 0.3) is 0 Å². The number of halogens is 2. The molecule has 2 N–H and O–H groups in total. The van der Waals surface area contributed by atoms with Crippen molar-refractivity contribution >= 4 is 20.3 Å². The Kier molecular flexibility index (Phi) is 9.35. The van der Waals surface area contributed by atoms with E-state index in [9.17, 15) is 18.4 Å². The van der Waals surface area contributed by atoms with E-state index in [2.05, 4.69) is 15.4 Å². The van der Waals surface area contributed by atoms with Crippen LogP contribution in [0.5, 0.6) is 5.75 Å². The molecule has 4 rings (SSSR count). The predicted molar refractivity (Wildman–Crippen MR) is 136 cm³/mol. The van der Waals surface area contributed by atoms with Gasteiger partial charge in [0.15, 0.2) is 0 Å². The molecule has 0 amide bonds. The Labute approximate surface area is 218 Å². The number of alkyl halides is 2. The lowest BCUT2D eigenvalue weighted by Crippen LogP contribution is -2.35. The smallest absolute Gasteiger partial charge is 0.351 e. The Morgan fingerprint density at radius 1 is 1.16 bits per heavy atom. The molecule has 1 aromatic heterocycles. The summed E-state index contributed by atoms with van der Waals surface area (Å²) in [5.74, 6) is -3.16. The van der Waals surface area contributed by atoms with E-state index in [0.717, 1.165) is 10.1 Å². The van der Waals surface area contributed by atoms with Crippen molar-refractivity contribution in [2.75, 3.05) is 25.5 Å². The van der Waals surface area contributed by atoms with Crippen LogP contribution in [0, 0.1) is 0 Å². The van der Waals surface area contributed by atoms with Gasteiger partial charge in [-0.2, -0.15) is 4.98 Å². The number of hydrogen-bond donors (Lipinski definition) is 2. The molecule has 1 aliphatic heterocycles. The van der Waals surface area contributed by atoms with Gasteiger partial charge in [0.05, 0.1) is 12.7 Å². The molecular formula is C25H27F2N4O6P. The van der Waals surface area contributed by atoms with E-state index in [-0.39, 0.29) is 25.6 Å².